The van der Waals surface area contributed by atoms with E-state index in [9.17, 15) is 0 Å². The number of hydrogen-bond donors (Lipinski definition) is 1. The highest BCUT2D eigenvalue weighted by molar-refractivity contribution is 6.16. The van der Waals surface area contributed by atoms with Crippen LogP contribution in [-0.2, 0) is 0 Å². The second kappa shape index (κ2) is 6.60. The van der Waals surface area contributed by atoms with Crippen LogP contribution in [0.15, 0.2) is 114 Å². The molecule has 0 saturated carbocycles. The van der Waals surface area contributed by atoms with Gasteiger partial charge in [-0.05, 0) is 40.1 Å². The van der Waals surface area contributed by atoms with E-state index in [4.69, 9.17) is 4.42 Å². The Morgan fingerprint density at radius 3 is 2.19 bits per heavy atom. The zero-order valence-corrected chi connectivity index (χ0v) is 17.3. The van der Waals surface area contributed by atoms with Gasteiger partial charge in [0.15, 0.2) is 0 Å². The van der Waals surface area contributed by atoms with E-state index in [2.05, 4.69) is 102 Å². The Hall–Kier alpha value is -4.30. The van der Waals surface area contributed by atoms with Crippen molar-refractivity contribution >= 4 is 43.5 Å². The number of benzene rings is 5. The largest absolute Gasteiger partial charge is 0.456 e. The summed E-state index contributed by atoms with van der Waals surface area (Å²) < 4.78 is 6.41. The lowest BCUT2D eigenvalue weighted by molar-refractivity contribution is 0.632. The van der Waals surface area contributed by atoms with Gasteiger partial charge >= 0.3 is 0 Å². The highest BCUT2D eigenvalue weighted by Gasteiger charge is 2.19. The summed E-state index contributed by atoms with van der Waals surface area (Å²) in [6.07, 6.45) is 0. The van der Waals surface area contributed by atoms with Crippen LogP contribution >= 0.6 is 0 Å². The summed E-state index contributed by atoms with van der Waals surface area (Å²) in [5.74, 6) is 0.881. The van der Waals surface area contributed by atoms with Gasteiger partial charge in [-0.3, -0.25) is 0 Å². The number of para-hydroxylation sites is 2. The van der Waals surface area contributed by atoms with Crippen LogP contribution in [0.1, 0.15) is 0 Å². The first kappa shape index (κ1) is 17.4. The number of furan rings is 1. The molecule has 0 radical (unpaired) electrons. The van der Waals surface area contributed by atoms with E-state index in [0.29, 0.717) is 0 Å². The number of aromatic amines is 1. The van der Waals surface area contributed by atoms with Crippen molar-refractivity contribution < 1.29 is 4.42 Å². The summed E-state index contributed by atoms with van der Waals surface area (Å²) in [5.41, 5.74) is 6.62. The molecule has 32 heavy (non-hydrogen) atoms. The lowest BCUT2D eigenvalue weighted by Gasteiger charge is -2.12. The average Bonchev–Trinajstić information content (AvgIpc) is 3.44. The molecule has 0 atom stereocenters. The predicted octanol–water partition coefficient (Wildman–Crippen LogP) is 8.55. The third-order valence-electron chi connectivity index (χ3n) is 6.43. The third kappa shape index (κ3) is 2.47. The van der Waals surface area contributed by atoms with Gasteiger partial charge in [0.25, 0.3) is 0 Å². The van der Waals surface area contributed by atoms with Crippen molar-refractivity contribution in [1.82, 2.24) is 4.98 Å². The van der Waals surface area contributed by atoms with E-state index in [0.717, 1.165) is 33.3 Å². The van der Waals surface area contributed by atoms with E-state index < -0.39 is 0 Å². The Balaban J connectivity index is 1.64. The number of rotatable bonds is 2. The van der Waals surface area contributed by atoms with Crippen LogP contribution in [0.2, 0.25) is 0 Å². The standard InChI is InChI=1S/C30H19NO/c1-3-11-21-19(8-1)10-7-13-22(21)24-16-17-25-23-12-4-5-14-26(23)31-30(25)29(24)28-18-20-9-2-6-15-27(20)32-28/h1-18,31H. The van der Waals surface area contributed by atoms with E-state index in [1.165, 1.54) is 32.7 Å². The molecule has 0 aliphatic rings. The number of aromatic nitrogens is 1. The summed E-state index contributed by atoms with van der Waals surface area (Å²) in [7, 11) is 0. The lowest BCUT2D eigenvalue weighted by atomic mass is 9.92. The molecule has 2 heteroatoms. The Morgan fingerprint density at radius 1 is 0.531 bits per heavy atom. The fourth-order valence-corrected chi connectivity index (χ4v) is 4.96. The molecule has 0 bridgehead atoms. The van der Waals surface area contributed by atoms with Gasteiger partial charge in [-0.1, -0.05) is 91.0 Å². The molecule has 0 amide bonds. The van der Waals surface area contributed by atoms with Crippen molar-refractivity contribution in [2.24, 2.45) is 0 Å². The molecule has 0 aliphatic heterocycles. The first-order valence-corrected chi connectivity index (χ1v) is 10.9. The van der Waals surface area contributed by atoms with Gasteiger partial charge in [0.1, 0.15) is 11.3 Å². The number of H-pyrrole nitrogens is 1. The van der Waals surface area contributed by atoms with Crippen molar-refractivity contribution in [2.45, 2.75) is 0 Å². The minimum Gasteiger partial charge on any atom is -0.456 e. The molecule has 7 rings (SSSR count). The molecule has 0 spiro atoms. The summed E-state index contributed by atoms with van der Waals surface area (Å²) >= 11 is 0. The molecule has 0 saturated heterocycles. The Kier molecular flexibility index (Phi) is 3.58. The maximum Gasteiger partial charge on any atom is 0.138 e. The topological polar surface area (TPSA) is 28.9 Å². The van der Waals surface area contributed by atoms with Crippen LogP contribution in [0.3, 0.4) is 0 Å². The van der Waals surface area contributed by atoms with Gasteiger partial charge in [-0.25, -0.2) is 0 Å². The smallest absolute Gasteiger partial charge is 0.138 e. The van der Waals surface area contributed by atoms with Crippen molar-refractivity contribution in [3.8, 4) is 22.5 Å². The van der Waals surface area contributed by atoms with Crippen LogP contribution in [0.4, 0.5) is 0 Å². The minimum absolute atomic E-state index is 0.881. The highest BCUT2D eigenvalue weighted by Crippen LogP contribution is 2.43. The van der Waals surface area contributed by atoms with E-state index >= 15 is 0 Å². The van der Waals surface area contributed by atoms with Crippen LogP contribution in [0.25, 0.3) is 66.0 Å². The molecule has 0 fully saturated rings. The van der Waals surface area contributed by atoms with Crippen molar-refractivity contribution in [1.29, 1.82) is 0 Å². The third-order valence-corrected chi connectivity index (χ3v) is 6.43. The lowest BCUT2D eigenvalue weighted by Crippen LogP contribution is -1.88. The quantitative estimate of drug-likeness (QED) is 0.304. The van der Waals surface area contributed by atoms with E-state index in [-0.39, 0.29) is 0 Å². The normalized spacial score (nSPS) is 11.8. The van der Waals surface area contributed by atoms with Crippen LogP contribution in [0, 0.1) is 0 Å². The van der Waals surface area contributed by atoms with Gasteiger partial charge in [0.2, 0.25) is 0 Å². The highest BCUT2D eigenvalue weighted by atomic mass is 16.3. The van der Waals surface area contributed by atoms with Gasteiger partial charge in [-0.2, -0.15) is 0 Å². The monoisotopic (exact) mass is 409 g/mol. The first-order chi connectivity index (χ1) is 15.9. The fraction of sp³-hybridized carbons (Fsp3) is 0. The van der Waals surface area contributed by atoms with Crippen molar-refractivity contribution in [3.63, 3.8) is 0 Å². The molecule has 0 unspecified atom stereocenters. The second-order valence-corrected chi connectivity index (χ2v) is 8.26. The zero-order valence-electron chi connectivity index (χ0n) is 17.3. The molecule has 1 N–H and O–H groups in total. The van der Waals surface area contributed by atoms with Crippen molar-refractivity contribution in [2.75, 3.05) is 0 Å². The van der Waals surface area contributed by atoms with Gasteiger partial charge in [0.05, 0.1) is 5.52 Å². The Labute approximate surface area is 184 Å². The predicted molar refractivity (Wildman–Crippen MR) is 134 cm³/mol. The van der Waals surface area contributed by atoms with Gasteiger partial charge in [-0.15, -0.1) is 0 Å². The molecular formula is C30H19NO. The van der Waals surface area contributed by atoms with Crippen LogP contribution < -0.4 is 0 Å². The van der Waals surface area contributed by atoms with Gasteiger partial charge in [0, 0.05) is 27.2 Å². The maximum atomic E-state index is 6.41. The summed E-state index contributed by atoms with van der Waals surface area (Å²) in [6, 6.07) is 38.4. The SMILES string of the molecule is c1ccc2oc(-c3c(-c4cccc5ccccc45)ccc4c3[nH]c3ccccc34)cc2c1. The van der Waals surface area contributed by atoms with Crippen LogP contribution in [-0.4, -0.2) is 4.98 Å². The van der Waals surface area contributed by atoms with E-state index in [1.807, 2.05) is 12.1 Å². The minimum atomic E-state index is 0.881. The number of fused-ring (bicyclic) bond motifs is 5. The molecule has 2 heterocycles. The summed E-state index contributed by atoms with van der Waals surface area (Å²) in [6.45, 7) is 0. The molecule has 150 valence electrons. The molecule has 5 aromatic carbocycles. The average molecular weight is 409 g/mol. The summed E-state index contributed by atoms with van der Waals surface area (Å²) in [4.78, 5) is 3.69. The molecule has 2 aromatic heterocycles. The Morgan fingerprint density at radius 2 is 1.28 bits per heavy atom. The molecule has 7 aromatic rings. The fourth-order valence-electron chi connectivity index (χ4n) is 4.96. The summed E-state index contributed by atoms with van der Waals surface area (Å²) in [5, 5.41) is 6.02. The number of nitrogens with one attached hydrogen (secondary N) is 1. The molecule has 2 nitrogen and oxygen atoms in total. The van der Waals surface area contributed by atoms with Crippen LogP contribution in [0.5, 0.6) is 0 Å². The molecular weight excluding hydrogens is 390 g/mol. The molecule has 0 aliphatic carbocycles. The Bertz CT molecular complexity index is 1750. The first-order valence-electron chi connectivity index (χ1n) is 10.9. The zero-order chi connectivity index (χ0) is 21.1. The van der Waals surface area contributed by atoms with Crippen molar-refractivity contribution in [3.05, 3.63) is 109 Å². The maximum absolute atomic E-state index is 6.41. The number of hydrogen-bond acceptors (Lipinski definition) is 1. The van der Waals surface area contributed by atoms with E-state index in [1.54, 1.807) is 0 Å². The second-order valence-electron chi connectivity index (χ2n) is 8.26. The van der Waals surface area contributed by atoms with Gasteiger partial charge < -0.3 is 9.40 Å².